The Morgan fingerprint density at radius 3 is 3.20 bits per heavy atom. The van der Waals surface area contributed by atoms with Gasteiger partial charge in [-0.25, -0.2) is 0 Å². The van der Waals surface area contributed by atoms with Crippen LogP contribution in [-0.2, 0) is 6.42 Å². The minimum absolute atomic E-state index is 0.729. The Morgan fingerprint density at radius 1 is 1.47 bits per heavy atom. The molecule has 0 spiro atoms. The van der Waals surface area contributed by atoms with E-state index >= 15 is 0 Å². The van der Waals surface area contributed by atoms with Gasteiger partial charge in [0, 0.05) is 36.7 Å². The fourth-order valence-electron chi connectivity index (χ4n) is 1.85. The van der Waals surface area contributed by atoms with Gasteiger partial charge >= 0.3 is 0 Å². The monoisotopic (exact) mass is 222 g/mol. The van der Waals surface area contributed by atoms with Gasteiger partial charge in [-0.1, -0.05) is 6.07 Å². The summed E-state index contributed by atoms with van der Waals surface area (Å²) < 4.78 is 0. The van der Waals surface area contributed by atoms with E-state index < -0.39 is 0 Å². The van der Waals surface area contributed by atoms with E-state index in [1.807, 2.05) is 12.3 Å². The minimum Gasteiger partial charge on any atom is -0.313 e. The molecule has 0 radical (unpaired) electrons. The molecule has 1 aromatic heterocycles. The van der Waals surface area contributed by atoms with E-state index in [9.17, 15) is 0 Å². The van der Waals surface area contributed by atoms with Crippen molar-refractivity contribution >= 4 is 11.8 Å². The number of nitrogens with zero attached hydrogens (tertiary/aromatic N) is 1. The molecule has 1 fully saturated rings. The zero-order chi connectivity index (χ0) is 10.3. The molecule has 0 bridgehead atoms. The van der Waals surface area contributed by atoms with Crippen molar-refractivity contribution in [1.29, 1.82) is 0 Å². The lowest BCUT2D eigenvalue weighted by atomic mass is 10.2. The Hall–Kier alpha value is -0.540. The first kappa shape index (κ1) is 11.0. The average Bonchev–Trinajstić information content (AvgIpc) is 2.32. The van der Waals surface area contributed by atoms with Crippen LogP contribution in [0, 0.1) is 0 Å². The second-order valence-corrected chi connectivity index (χ2v) is 5.09. The van der Waals surface area contributed by atoms with Gasteiger partial charge in [0.2, 0.25) is 0 Å². The number of rotatable bonds is 4. The minimum atomic E-state index is 0.729. The molecular formula is C12H18N2S. The van der Waals surface area contributed by atoms with Crippen LogP contribution in [0.25, 0.3) is 0 Å². The van der Waals surface area contributed by atoms with E-state index in [0.717, 1.165) is 19.0 Å². The van der Waals surface area contributed by atoms with E-state index in [1.54, 1.807) is 0 Å². The van der Waals surface area contributed by atoms with Crippen LogP contribution in [-0.4, -0.2) is 29.1 Å². The summed E-state index contributed by atoms with van der Waals surface area (Å²) in [5.74, 6) is 2.63. The maximum absolute atomic E-state index is 4.32. The second-order valence-electron chi connectivity index (χ2n) is 3.94. The molecule has 1 aromatic rings. The van der Waals surface area contributed by atoms with Crippen molar-refractivity contribution in [1.82, 2.24) is 10.3 Å². The molecule has 0 amide bonds. The van der Waals surface area contributed by atoms with Crippen LogP contribution in [0.2, 0.25) is 0 Å². The normalized spacial score (nSPS) is 21.5. The molecule has 1 N–H and O–H groups in total. The highest BCUT2D eigenvalue weighted by molar-refractivity contribution is 7.99. The van der Waals surface area contributed by atoms with Crippen LogP contribution in [0.5, 0.6) is 0 Å². The van der Waals surface area contributed by atoms with Gasteiger partial charge in [0.05, 0.1) is 0 Å². The van der Waals surface area contributed by atoms with Gasteiger partial charge in [-0.2, -0.15) is 11.8 Å². The molecule has 2 nitrogen and oxygen atoms in total. The zero-order valence-corrected chi connectivity index (χ0v) is 9.80. The van der Waals surface area contributed by atoms with E-state index in [1.165, 1.54) is 30.0 Å². The Bertz CT molecular complexity index is 270. The lowest BCUT2D eigenvalue weighted by molar-refractivity contribution is 0.509. The molecule has 3 heteroatoms. The molecule has 0 saturated carbocycles. The Kier molecular flexibility index (Phi) is 4.48. The molecule has 1 aliphatic heterocycles. The Balaban J connectivity index is 1.66. The molecule has 0 aliphatic carbocycles. The molecule has 1 aliphatic rings. The number of hydrogen-bond donors (Lipinski definition) is 1. The third-order valence-corrected chi connectivity index (χ3v) is 3.92. The first-order valence-electron chi connectivity index (χ1n) is 5.66. The summed E-state index contributed by atoms with van der Waals surface area (Å²) in [5, 5.41) is 3.61. The van der Waals surface area contributed by atoms with Gasteiger partial charge in [-0.15, -0.1) is 0 Å². The van der Waals surface area contributed by atoms with E-state index in [4.69, 9.17) is 0 Å². The van der Waals surface area contributed by atoms with Crippen molar-refractivity contribution < 1.29 is 0 Å². The molecular weight excluding hydrogens is 204 g/mol. The van der Waals surface area contributed by atoms with Gasteiger partial charge in [0.25, 0.3) is 0 Å². The topological polar surface area (TPSA) is 24.9 Å². The third-order valence-electron chi connectivity index (χ3n) is 2.70. The Morgan fingerprint density at radius 2 is 2.47 bits per heavy atom. The van der Waals surface area contributed by atoms with Crippen LogP contribution in [0.15, 0.2) is 24.4 Å². The van der Waals surface area contributed by atoms with Crippen molar-refractivity contribution in [2.75, 3.05) is 18.1 Å². The maximum Gasteiger partial charge on any atom is 0.0416 e. The summed E-state index contributed by atoms with van der Waals surface area (Å²) in [6.45, 7) is 1.06. The van der Waals surface area contributed by atoms with Gasteiger partial charge in [0.15, 0.2) is 0 Å². The fraction of sp³-hybridized carbons (Fsp3) is 0.583. The molecule has 2 rings (SSSR count). The standard InChI is InChI=1S/C12H18N2S/c1-2-7-13-11(4-1)6-8-14-12-5-3-9-15-10-12/h1-2,4,7,12,14H,3,5-6,8-10H2/t12-/m1/s1. The predicted molar refractivity (Wildman–Crippen MR) is 66.3 cm³/mol. The van der Waals surface area contributed by atoms with Crippen molar-refractivity contribution in [3.63, 3.8) is 0 Å². The number of thioether (sulfide) groups is 1. The lowest BCUT2D eigenvalue weighted by Gasteiger charge is -2.22. The number of pyridine rings is 1. The summed E-state index contributed by atoms with van der Waals surface area (Å²) in [4.78, 5) is 4.32. The first-order valence-corrected chi connectivity index (χ1v) is 6.81. The smallest absolute Gasteiger partial charge is 0.0416 e. The summed E-state index contributed by atoms with van der Waals surface area (Å²) in [5.41, 5.74) is 1.19. The molecule has 0 unspecified atom stereocenters. The van der Waals surface area contributed by atoms with Gasteiger partial charge in [-0.3, -0.25) is 4.98 Å². The summed E-state index contributed by atoms with van der Waals surface area (Å²) >= 11 is 2.07. The molecule has 1 atom stereocenters. The first-order chi connectivity index (χ1) is 7.45. The zero-order valence-electron chi connectivity index (χ0n) is 8.98. The van der Waals surface area contributed by atoms with E-state index in [2.05, 4.69) is 34.2 Å². The summed E-state index contributed by atoms with van der Waals surface area (Å²) in [6, 6.07) is 6.85. The molecule has 15 heavy (non-hydrogen) atoms. The van der Waals surface area contributed by atoms with E-state index in [0.29, 0.717) is 0 Å². The average molecular weight is 222 g/mol. The van der Waals surface area contributed by atoms with Crippen molar-refractivity contribution in [3.05, 3.63) is 30.1 Å². The van der Waals surface area contributed by atoms with Gasteiger partial charge in [-0.05, 0) is 30.7 Å². The van der Waals surface area contributed by atoms with Gasteiger partial charge in [0.1, 0.15) is 0 Å². The largest absolute Gasteiger partial charge is 0.313 e. The van der Waals surface area contributed by atoms with Gasteiger partial charge < -0.3 is 5.32 Å². The van der Waals surface area contributed by atoms with Crippen LogP contribution in [0.3, 0.4) is 0 Å². The third kappa shape index (κ3) is 3.84. The highest BCUT2D eigenvalue weighted by Gasteiger charge is 2.12. The molecule has 2 heterocycles. The number of nitrogens with one attached hydrogen (secondary N) is 1. The molecule has 0 aromatic carbocycles. The number of hydrogen-bond acceptors (Lipinski definition) is 3. The van der Waals surface area contributed by atoms with E-state index in [-0.39, 0.29) is 0 Å². The number of aromatic nitrogens is 1. The van der Waals surface area contributed by atoms with Crippen LogP contribution in [0.1, 0.15) is 18.5 Å². The van der Waals surface area contributed by atoms with Crippen molar-refractivity contribution in [3.8, 4) is 0 Å². The van der Waals surface area contributed by atoms with Crippen LogP contribution in [0.4, 0.5) is 0 Å². The Labute approximate surface area is 95.9 Å². The fourth-order valence-corrected chi connectivity index (χ4v) is 2.96. The van der Waals surface area contributed by atoms with Crippen molar-refractivity contribution in [2.45, 2.75) is 25.3 Å². The van der Waals surface area contributed by atoms with Crippen LogP contribution >= 0.6 is 11.8 Å². The quantitative estimate of drug-likeness (QED) is 0.844. The SMILES string of the molecule is c1ccc(CCN[C@@H]2CCCSC2)nc1. The summed E-state index contributed by atoms with van der Waals surface area (Å²) in [7, 11) is 0. The van der Waals surface area contributed by atoms with Crippen LogP contribution < -0.4 is 5.32 Å². The van der Waals surface area contributed by atoms with Crippen molar-refractivity contribution in [2.24, 2.45) is 0 Å². The lowest BCUT2D eigenvalue weighted by Crippen LogP contribution is -2.35. The molecule has 1 saturated heterocycles. The second kappa shape index (κ2) is 6.13. The highest BCUT2D eigenvalue weighted by atomic mass is 32.2. The summed E-state index contributed by atoms with van der Waals surface area (Å²) in [6.07, 6.45) is 5.62. The molecule has 82 valence electrons. The highest BCUT2D eigenvalue weighted by Crippen LogP contribution is 2.16. The maximum atomic E-state index is 4.32. The predicted octanol–water partition coefficient (Wildman–Crippen LogP) is 2.11.